The van der Waals surface area contributed by atoms with E-state index in [4.69, 9.17) is 10.2 Å². The van der Waals surface area contributed by atoms with Crippen molar-refractivity contribution in [2.24, 2.45) is 0 Å². The Morgan fingerprint density at radius 2 is 2.11 bits per heavy atom. The number of aliphatic hydroxyl groups excluding tert-OH is 1. The zero-order valence-electron chi connectivity index (χ0n) is 10.3. The van der Waals surface area contributed by atoms with Gasteiger partial charge in [-0.05, 0) is 18.6 Å². The first-order chi connectivity index (χ1) is 8.95. The Balaban J connectivity index is 2.72. The quantitative estimate of drug-likeness (QED) is 0.643. The van der Waals surface area contributed by atoms with Gasteiger partial charge in [0.05, 0.1) is 5.69 Å². The maximum Gasteiger partial charge on any atom is 0.326 e. The number of para-hydroxylation sites is 1. The molecule has 0 aliphatic rings. The molecule has 0 radical (unpaired) electrons. The van der Waals surface area contributed by atoms with E-state index >= 15 is 0 Å². The molecule has 0 fully saturated rings. The molecule has 2 amide bonds. The topological polar surface area (TPSA) is 98.7 Å². The second-order valence-electron chi connectivity index (χ2n) is 3.93. The Morgan fingerprint density at radius 1 is 1.42 bits per heavy atom. The average Bonchev–Trinajstić information content (AvgIpc) is 2.33. The highest BCUT2D eigenvalue weighted by atomic mass is 19.1. The number of aliphatic hydroxyl groups is 1. The van der Waals surface area contributed by atoms with Gasteiger partial charge in [0.1, 0.15) is 11.9 Å². The number of halogens is 1. The SMILES string of the molecule is Cc1cccc(F)c1NC(=O)N[C@H](CCO)C(=O)O. The molecule has 0 heterocycles. The summed E-state index contributed by atoms with van der Waals surface area (Å²) in [6.07, 6.45) is -0.126. The summed E-state index contributed by atoms with van der Waals surface area (Å²) in [7, 11) is 0. The fourth-order valence-corrected chi connectivity index (χ4v) is 1.48. The highest BCUT2D eigenvalue weighted by Gasteiger charge is 2.20. The molecule has 1 rings (SSSR count). The van der Waals surface area contributed by atoms with E-state index in [0.29, 0.717) is 5.56 Å². The normalized spacial score (nSPS) is 11.7. The second kappa shape index (κ2) is 6.69. The number of hydrogen-bond donors (Lipinski definition) is 4. The summed E-state index contributed by atoms with van der Waals surface area (Å²) in [5.74, 6) is -1.88. The monoisotopic (exact) mass is 270 g/mol. The van der Waals surface area contributed by atoms with Gasteiger partial charge in [0.15, 0.2) is 0 Å². The fraction of sp³-hybridized carbons (Fsp3) is 0.333. The summed E-state index contributed by atoms with van der Waals surface area (Å²) in [5, 5.41) is 21.9. The van der Waals surface area contributed by atoms with Gasteiger partial charge in [-0.15, -0.1) is 0 Å². The molecule has 19 heavy (non-hydrogen) atoms. The van der Waals surface area contributed by atoms with Crippen molar-refractivity contribution < 1.29 is 24.2 Å². The summed E-state index contributed by atoms with van der Waals surface area (Å²) in [5.41, 5.74) is 0.511. The van der Waals surface area contributed by atoms with E-state index in [1.165, 1.54) is 12.1 Å². The van der Waals surface area contributed by atoms with Crippen molar-refractivity contribution >= 4 is 17.7 Å². The molecule has 7 heteroatoms. The standard InChI is InChI=1S/C12H15FN2O4/c1-7-3-2-4-8(13)10(7)15-12(19)14-9(5-6-16)11(17)18/h2-4,9,16H,5-6H2,1H3,(H,17,18)(H2,14,15,19)/t9-/m1/s1. The lowest BCUT2D eigenvalue weighted by atomic mass is 10.2. The minimum absolute atomic E-state index is 0.00635. The molecule has 6 nitrogen and oxygen atoms in total. The number of carboxylic acids is 1. The van der Waals surface area contributed by atoms with Crippen LogP contribution in [0.3, 0.4) is 0 Å². The number of benzene rings is 1. The molecule has 0 aromatic heterocycles. The highest BCUT2D eigenvalue weighted by molar-refractivity contribution is 5.92. The van der Waals surface area contributed by atoms with Gasteiger partial charge in [-0.25, -0.2) is 14.0 Å². The van der Waals surface area contributed by atoms with Gasteiger partial charge in [0.2, 0.25) is 0 Å². The third-order valence-corrected chi connectivity index (χ3v) is 2.48. The van der Waals surface area contributed by atoms with Gasteiger partial charge in [-0.2, -0.15) is 0 Å². The smallest absolute Gasteiger partial charge is 0.326 e. The van der Waals surface area contributed by atoms with Gasteiger partial charge in [0.25, 0.3) is 0 Å². The van der Waals surface area contributed by atoms with E-state index in [2.05, 4.69) is 10.6 Å². The van der Waals surface area contributed by atoms with Gasteiger partial charge in [-0.3, -0.25) is 0 Å². The number of carbonyl (C=O) groups is 2. The number of carboxylic acid groups (broad SMARTS) is 1. The molecule has 1 aromatic carbocycles. The van der Waals surface area contributed by atoms with Crippen LogP contribution in [0.15, 0.2) is 18.2 Å². The zero-order chi connectivity index (χ0) is 14.4. The lowest BCUT2D eigenvalue weighted by Crippen LogP contribution is -2.43. The maximum absolute atomic E-state index is 13.5. The van der Waals surface area contributed by atoms with E-state index in [9.17, 15) is 14.0 Å². The Bertz CT molecular complexity index is 459. The predicted molar refractivity (Wildman–Crippen MR) is 66.4 cm³/mol. The molecule has 0 unspecified atom stereocenters. The molecule has 0 bridgehead atoms. The van der Waals surface area contributed by atoms with Crippen molar-refractivity contribution in [1.82, 2.24) is 5.32 Å². The molecule has 0 saturated heterocycles. The summed E-state index contributed by atoms with van der Waals surface area (Å²) in [4.78, 5) is 22.4. The van der Waals surface area contributed by atoms with Crippen LogP contribution in [0.5, 0.6) is 0 Å². The van der Waals surface area contributed by atoms with E-state index in [1.54, 1.807) is 13.0 Å². The molecular weight excluding hydrogens is 255 g/mol. The van der Waals surface area contributed by atoms with Crippen LogP contribution in [0, 0.1) is 12.7 Å². The van der Waals surface area contributed by atoms with Gasteiger partial charge < -0.3 is 20.8 Å². The molecule has 0 aliphatic heterocycles. The maximum atomic E-state index is 13.5. The minimum atomic E-state index is -1.27. The third kappa shape index (κ3) is 4.22. The number of carbonyl (C=O) groups excluding carboxylic acids is 1. The third-order valence-electron chi connectivity index (χ3n) is 2.48. The zero-order valence-corrected chi connectivity index (χ0v) is 10.3. The fourth-order valence-electron chi connectivity index (χ4n) is 1.48. The Kier molecular flexibility index (Phi) is 5.25. The minimum Gasteiger partial charge on any atom is -0.480 e. The number of amides is 2. The largest absolute Gasteiger partial charge is 0.480 e. The first kappa shape index (κ1) is 14.9. The number of aryl methyl sites for hydroxylation is 1. The summed E-state index contributed by atoms with van der Waals surface area (Å²) < 4.78 is 13.5. The summed E-state index contributed by atoms with van der Waals surface area (Å²) in [6, 6.07) is 2.23. The first-order valence-corrected chi connectivity index (χ1v) is 5.62. The van der Waals surface area contributed by atoms with Crippen LogP contribution in [0.4, 0.5) is 14.9 Å². The van der Waals surface area contributed by atoms with Crippen molar-refractivity contribution in [2.75, 3.05) is 11.9 Å². The first-order valence-electron chi connectivity index (χ1n) is 5.62. The molecule has 0 aliphatic carbocycles. The number of urea groups is 1. The Labute approximate surface area is 109 Å². The molecule has 0 saturated carbocycles. The predicted octanol–water partition coefficient (Wildman–Crippen LogP) is 1.09. The summed E-state index contributed by atoms with van der Waals surface area (Å²) in [6.45, 7) is 1.23. The van der Waals surface area contributed by atoms with Crippen LogP contribution in [-0.4, -0.2) is 34.9 Å². The molecule has 104 valence electrons. The average molecular weight is 270 g/mol. The number of anilines is 1. The van der Waals surface area contributed by atoms with Crippen LogP contribution in [0.25, 0.3) is 0 Å². The molecule has 4 N–H and O–H groups in total. The number of hydrogen-bond acceptors (Lipinski definition) is 3. The number of rotatable bonds is 5. The summed E-state index contributed by atoms with van der Waals surface area (Å²) >= 11 is 0. The van der Waals surface area contributed by atoms with Gasteiger partial charge in [-0.1, -0.05) is 12.1 Å². The van der Waals surface area contributed by atoms with Crippen molar-refractivity contribution in [1.29, 1.82) is 0 Å². The number of nitrogens with one attached hydrogen (secondary N) is 2. The second-order valence-corrected chi connectivity index (χ2v) is 3.93. The van der Waals surface area contributed by atoms with Crippen molar-refractivity contribution in [2.45, 2.75) is 19.4 Å². The Hall–Kier alpha value is -2.15. The highest BCUT2D eigenvalue weighted by Crippen LogP contribution is 2.18. The van der Waals surface area contributed by atoms with E-state index < -0.39 is 23.9 Å². The van der Waals surface area contributed by atoms with Crippen LogP contribution < -0.4 is 10.6 Å². The van der Waals surface area contributed by atoms with Crippen LogP contribution >= 0.6 is 0 Å². The van der Waals surface area contributed by atoms with Crippen molar-refractivity contribution in [3.8, 4) is 0 Å². The molecule has 0 spiro atoms. The molecular formula is C12H15FN2O4. The van der Waals surface area contributed by atoms with Crippen molar-refractivity contribution in [3.63, 3.8) is 0 Å². The van der Waals surface area contributed by atoms with E-state index in [1.807, 2.05) is 0 Å². The van der Waals surface area contributed by atoms with Crippen molar-refractivity contribution in [3.05, 3.63) is 29.6 Å². The van der Waals surface area contributed by atoms with Crippen LogP contribution in [0.1, 0.15) is 12.0 Å². The molecule has 1 atom stereocenters. The number of aliphatic carboxylic acids is 1. The van der Waals surface area contributed by atoms with Crippen LogP contribution in [-0.2, 0) is 4.79 Å². The lowest BCUT2D eigenvalue weighted by Gasteiger charge is -2.15. The lowest BCUT2D eigenvalue weighted by molar-refractivity contribution is -0.139. The van der Waals surface area contributed by atoms with Gasteiger partial charge in [0, 0.05) is 13.0 Å². The van der Waals surface area contributed by atoms with E-state index in [-0.39, 0.29) is 18.7 Å². The Morgan fingerprint density at radius 3 is 2.63 bits per heavy atom. The molecule has 1 aromatic rings. The van der Waals surface area contributed by atoms with Gasteiger partial charge >= 0.3 is 12.0 Å². The van der Waals surface area contributed by atoms with E-state index in [0.717, 1.165) is 0 Å². The van der Waals surface area contributed by atoms with Crippen LogP contribution in [0.2, 0.25) is 0 Å².